The summed E-state index contributed by atoms with van der Waals surface area (Å²) in [4.78, 5) is 14.4. The highest BCUT2D eigenvalue weighted by Crippen LogP contribution is 2.24. The third-order valence-electron chi connectivity index (χ3n) is 4.02. The number of nitrogens with one attached hydrogen (secondary N) is 1. The van der Waals surface area contributed by atoms with Crippen LogP contribution in [0.1, 0.15) is 11.1 Å². The molecule has 6 heteroatoms. The van der Waals surface area contributed by atoms with E-state index in [1.165, 1.54) is 0 Å². The molecule has 0 saturated carbocycles. The number of carbonyl (C=O) groups excluding carboxylic acids is 1. The van der Waals surface area contributed by atoms with Crippen molar-refractivity contribution >= 4 is 17.7 Å². The molecule has 0 aromatic heterocycles. The number of ether oxygens (including phenoxy) is 2. The monoisotopic (exact) mass is 365 g/mol. The summed E-state index contributed by atoms with van der Waals surface area (Å²) < 4.78 is 10.5. The summed E-state index contributed by atoms with van der Waals surface area (Å²) in [6.45, 7) is 0.241. The van der Waals surface area contributed by atoms with Crippen LogP contribution in [-0.2, 0) is 11.3 Å². The summed E-state index contributed by atoms with van der Waals surface area (Å²) in [5.41, 5.74) is 2.66. The number of nitriles is 1. The molecule has 0 spiro atoms. The van der Waals surface area contributed by atoms with Crippen LogP contribution in [0.25, 0.3) is 6.08 Å². The Morgan fingerprint density at radius 1 is 1.15 bits per heavy atom. The van der Waals surface area contributed by atoms with Crippen molar-refractivity contribution < 1.29 is 14.3 Å². The average molecular weight is 365 g/mol. The molecule has 1 N–H and O–H groups in total. The topological polar surface area (TPSA) is 74.6 Å². The fraction of sp³-hybridized carbons (Fsp3) is 0.238. The van der Waals surface area contributed by atoms with Gasteiger partial charge in [0.15, 0.2) is 0 Å². The van der Waals surface area contributed by atoms with Crippen LogP contribution in [-0.4, -0.2) is 34.2 Å². The van der Waals surface area contributed by atoms with Gasteiger partial charge in [0.25, 0.3) is 5.91 Å². The first kappa shape index (κ1) is 19.9. The SMILES string of the molecule is COc1ccc(CNC(=O)/C(C#N)=C/c2ccc(N(C)C)cc2)c(OC)c1. The molecule has 0 atom stereocenters. The Bertz CT molecular complexity index is 865. The minimum atomic E-state index is -0.438. The number of methoxy groups -OCH3 is 2. The van der Waals surface area contributed by atoms with E-state index >= 15 is 0 Å². The third-order valence-corrected chi connectivity index (χ3v) is 4.02. The standard InChI is InChI=1S/C21H23N3O3/c1-24(2)18-8-5-15(6-9-18)11-17(13-22)21(25)23-14-16-7-10-19(26-3)12-20(16)27-4/h5-12H,14H2,1-4H3,(H,23,25)/b17-11+. The highest BCUT2D eigenvalue weighted by atomic mass is 16.5. The Labute approximate surface area is 159 Å². The fourth-order valence-corrected chi connectivity index (χ4v) is 2.45. The Kier molecular flexibility index (Phi) is 6.84. The highest BCUT2D eigenvalue weighted by molar-refractivity contribution is 6.01. The largest absolute Gasteiger partial charge is 0.497 e. The number of benzene rings is 2. The Hall–Kier alpha value is -3.46. The molecule has 0 saturated heterocycles. The van der Waals surface area contributed by atoms with E-state index < -0.39 is 5.91 Å². The number of hydrogen-bond acceptors (Lipinski definition) is 5. The third kappa shape index (κ3) is 5.25. The lowest BCUT2D eigenvalue weighted by Gasteiger charge is -2.12. The number of nitrogens with zero attached hydrogens (tertiary/aromatic N) is 2. The maximum Gasteiger partial charge on any atom is 0.262 e. The lowest BCUT2D eigenvalue weighted by Crippen LogP contribution is -2.24. The van der Waals surface area contributed by atoms with E-state index in [0.717, 1.165) is 16.8 Å². The molecule has 0 heterocycles. The number of amides is 1. The van der Waals surface area contributed by atoms with E-state index in [1.54, 1.807) is 32.4 Å². The van der Waals surface area contributed by atoms with Crippen molar-refractivity contribution in [2.45, 2.75) is 6.54 Å². The second-order valence-corrected chi connectivity index (χ2v) is 6.02. The second-order valence-electron chi connectivity index (χ2n) is 6.02. The first-order chi connectivity index (χ1) is 13.0. The summed E-state index contributed by atoms with van der Waals surface area (Å²) >= 11 is 0. The molecule has 2 aromatic carbocycles. The van der Waals surface area contributed by atoms with Crippen molar-refractivity contribution in [3.63, 3.8) is 0 Å². The highest BCUT2D eigenvalue weighted by Gasteiger charge is 2.11. The predicted octanol–water partition coefficient (Wildman–Crippen LogP) is 2.99. The van der Waals surface area contributed by atoms with Crippen molar-refractivity contribution in [3.05, 3.63) is 59.2 Å². The number of anilines is 1. The van der Waals surface area contributed by atoms with Crippen LogP contribution in [0.5, 0.6) is 11.5 Å². The van der Waals surface area contributed by atoms with Crippen LogP contribution in [0.2, 0.25) is 0 Å². The molecule has 0 aliphatic heterocycles. The molecule has 0 unspecified atom stereocenters. The van der Waals surface area contributed by atoms with Crippen LogP contribution >= 0.6 is 0 Å². The van der Waals surface area contributed by atoms with Crippen molar-refractivity contribution in [1.29, 1.82) is 5.26 Å². The molecule has 1 amide bonds. The normalized spacial score (nSPS) is 10.7. The van der Waals surface area contributed by atoms with Gasteiger partial charge in [-0.25, -0.2) is 0 Å². The summed E-state index contributed by atoms with van der Waals surface area (Å²) in [5.74, 6) is 0.837. The van der Waals surface area contributed by atoms with E-state index in [2.05, 4.69) is 5.32 Å². The average Bonchev–Trinajstić information content (AvgIpc) is 2.70. The van der Waals surface area contributed by atoms with Gasteiger partial charge in [0.1, 0.15) is 23.1 Å². The van der Waals surface area contributed by atoms with Gasteiger partial charge in [-0.1, -0.05) is 12.1 Å². The maximum absolute atomic E-state index is 12.4. The lowest BCUT2D eigenvalue weighted by molar-refractivity contribution is -0.117. The van der Waals surface area contributed by atoms with Gasteiger partial charge in [-0.05, 0) is 35.9 Å². The molecular weight excluding hydrogens is 342 g/mol. The molecule has 0 radical (unpaired) electrons. The quantitative estimate of drug-likeness (QED) is 0.603. The molecule has 0 aliphatic rings. The van der Waals surface area contributed by atoms with E-state index in [-0.39, 0.29) is 12.1 Å². The second kappa shape index (κ2) is 9.30. The Balaban J connectivity index is 2.10. The summed E-state index contributed by atoms with van der Waals surface area (Å²) in [6.07, 6.45) is 1.57. The van der Waals surface area contributed by atoms with E-state index in [4.69, 9.17) is 9.47 Å². The molecule has 27 heavy (non-hydrogen) atoms. The summed E-state index contributed by atoms with van der Waals surface area (Å²) in [7, 11) is 7.03. The first-order valence-electron chi connectivity index (χ1n) is 8.36. The molecule has 140 valence electrons. The van der Waals surface area contributed by atoms with Crippen molar-refractivity contribution in [1.82, 2.24) is 5.32 Å². The predicted molar refractivity (Wildman–Crippen MR) is 106 cm³/mol. The van der Waals surface area contributed by atoms with Gasteiger partial charge >= 0.3 is 0 Å². The lowest BCUT2D eigenvalue weighted by atomic mass is 10.1. The van der Waals surface area contributed by atoms with Crippen molar-refractivity contribution in [3.8, 4) is 17.6 Å². The molecule has 2 rings (SSSR count). The van der Waals surface area contributed by atoms with Crippen molar-refractivity contribution in [2.24, 2.45) is 0 Å². The van der Waals surface area contributed by atoms with E-state index in [1.807, 2.05) is 55.4 Å². The minimum Gasteiger partial charge on any atom is -0.497 e. The maximum atomic E-state index is 12.4. The number of rotatable bonds is 7. The van der Waals surface area contributed by atoms with Gasteiger partial charge in [0.2, 0.25) is 0 Å². The zero-order valence-electron chi connectivity index (χ0n) is 15.9. The van der Waals surface area contributed by atoms with Crippen molar-refractivity contribution in [2.75, 3.05) is 33.2 Å². The van der Waals surface area contributed by atoms with Crippen LogP contribution in [0.15, 0.2) is 48.0 Å². The molecule has 6 nitrogen and oxygen atoms in total. The molecule has 2 aromatic rings. The molecular formula is C21H23N3O3. The smallest absolute Gasteiger partial charge is 0.262 e. The zero-order chi connectivity index (χ0) is 19.8. The van der Waals surface area contributed by atoms with Gasteiger partial charge in [-0.3, -0.25) is 4.79 Å². The molecule has 0 bridgehead atoms. The number of hydrogen-bond donors (Lipinski definition) is 1. The molecule has 0 aliphatic carbocycles. The van der Waals surface area contributed by atoms with Crippen LogP contribution in [0, 0.1) is 11.3 Å². The van der Waals surface area contributed by atoms with Crippen LogP contribution in [0.3, 0.4) is 0 Å². The van der Waals surface area contributed by atoms with Crippen LogP contribution < -0.4 is 19.7 Å². The van der Waals surface area contributed by atoms with Gasteiger partial charge in [-0.15, -0.1) is 0 Å². The van der Waals surface area contributed by atoms with Gasteiger partial charge in [0.05, 0.1) is 14.2 Å². The Morgan fingerprint density at radius 3 is 2.41 bits per heavy atom. The summed E-state index contributed by atoms with van der Waals surface area (Å²) in [6, 6.07) is 14.9. The Morgan fingerprint density at radius 2 is 1.85 bits per heavy atom. The van der Waals surface area contributed by atoms with E-state index in [0.29, 0.717) is 11.5 Å². The van der Waals surface area contributed by atoms with Gasteiger partial charge in [-0.2, -0.15) is 5.26 Å². The zero-order valence-corrected chi connectivity index (χ0v) is 15.9. The minimum absolute atomic E-state index is 0.0417. The number of carbonyl (C=O) groups is 1. The fourth-order valence-electron chi connectivity index (χ4n) is 2.45. The summed E-state index contributed by atoms with van der Waals surface area (Å²) in [5, 5.41) is 12.1. The van der Waals surface area contributed by atoms with Gasteiger partial charge < -0.3 is 19.7 Å². The first-order valence-corrected chi connectivity index (χ1v) is 8.36. The molecule has 0 fully saturated rings. The van der Waals surface area contributed by atoms with Gasteiger partial charge in [0, 0.05) is 38.0 Å². The van der Waals surface area contributed by atoms with E-state index in [9.17, 15) is 10.1 Å². The van der Waals surface area contributed by atoms with Crippen LogP contribution in [0.4, 0.5) is 5.69 Å².